The van der Waals surface area contributed by atoms with Gasteiger partial charge in [-0.15, -0.1) is 0 Å². The molecule has 21 heavy (non-hydrogen) atoms. The third kappa shape index (κ3) is 2.98. The second-order valence-electron chi connectivity index (χ2n) is 5.42. The van der Waals surface area contributed by atoms with Crippen molar-refractivity contribution in [1.29, 1.82) is 0 Å². The van der Waals surface area contributed by atoms with E-state index in [-0.39, 0.29) is 0 Å². The van der Waals surface area contributed by atoms with Gasteiger partial charge in [0.25, 0.3) is 0 Å². The number of aromatic nitrogens is 2. The highest BCUT2D eigenvalue weighted by atomic mass is 15.3. The Balaban J connectivity index is 1.97. The number of hydrogen-bond acceptors (Lipinski definition) is 2. The molecule has 0 fully saturated rings. The van der Waals surface area contributed by atoms with Crippen LogP contribution in [0.3, 0.4) is 0 Å². The molecule has 2 aromatic carbocycles. The van der Waals surface area contributed by atoms with Crippen molar-refractivity contribution in [2.75, 3.05) is 6.54 Å². The van der Waals surface area contributed by atoms with Gasteiger partial charge >= 0.3 is 0 Å². The Kier molecular flexibility index (Phi) is 4.02. The highest BCUT2D eigenvalue weighted by Gasteiger charge is 2.10. The second kappa shape index (κ2) is 6.10. The van der Waals surface area contributed by atoms with Gasteiger partial charge in [-0.25, -0.2) is 0 Å². The Morgan fingerprint density at radius 3 is 2.71 bits per heavy atom. The first-order valence-corrected chi connectivity index (χ1v) is 7.50. The topological polar surface area (TPSA) is 29.9 Å². The van der Waals surface area contributed by atoms with Gasteiger partial charge in [0.05, 0.1) is 5.69 Å². The molecule has 0 atom stereocenters. The van der Waals surface area contributed by atoms with Crippen LogP contribution in [0, 0.1) is 0 Å². The summed E-state index contributed by atoms with van der Waals surface area (Å²) in [7, 11) is 1.98. The van der Waals surface area contributed by atoms with Crippen molar-refractivity contribution in [2.24, 2.45) is 7.05 Å². The summed E-state index contributed by atoms with van der Waals surface area (Å²) in [5, 5.41) is 10.6. The van der Waals surface area contributed by atoms with E-state index in [2.05, 4.69) is 66.0 Å². The largest absolute Gasteiger partial charge is 0.313 e. The van der Waals surface area contributed by atoms with Crippen molar-refractivity contribution in [2.45, 2.75) is 19.9 Å². The van der Waals surface area contributed by atoms with Crippen LogP contribution in [0.15, 0.2) is 48.7 Å². The standard InChI is InChI=1S/C18H21N3/c1-3-10-19-12-17-13-21(2)20-18(17)16-9-8-14-6-4-5-7-15(14)11-16/h4-9,11,13,19H,3,10,12H2,1-2H3. The lowest BCUT2D eigenvalue weighted by molar-refractivity contribution is 0.675. The summed E-state index contributed by atoms with van der Waals surface area (Å²) >= 11 is 0. The molecule has 0 saturated heterocycles. The Hall–Kier alpha value is -2.13. The molecule has 0 aliphatic rings. The van der Waals surface area contributed by atoms with Crippen LogP contribution in [0.4, 0.5) is 0 Å². The lowest BCUT2D eigenvalue weighted by Crippen LogP contribution is -2.13. The van der Waals surface area contributed by atoms with Gasteiger partial charge in [-0.2, -0.15) is 5.10 Å². The van der Waals surface area contributed by atoms with Gasteiger partial charge < -0.3 is 5.32 Å². The molecular formula is C18H21N3. The molecule has 0 aliphatic carbocycles. The normalized spacial score (nSPS) is 11.1. The molecule has 3 heteroatoms. The molecule has 3 rings (SSSR count). The molecular weight excluding hydrogens is 258 g/mol. The minimum Gasteiger partial charge on any atom is -0.313 e. The fourth-order valence-electron chi connectivity index (χ4n) is 2.65. The Morgan fingerprint density at radius 1 is 1.10 bits per heavy atom. The monoisotopic (exact) mass is 279 g/mol. The van der Waals surface area contributed by atoms with Crippen LogP contribution >= 0.6 is 0 Å². The molecule has 0 saturated carbocycles. The predicted octanol–water partition coefficient (Wildman–Crippen LogP) is 3.74. The van der Waals surface area contributed by atoms with Crippen LogP contribution < -0.4 is 5.32 Å². The summed E-state index contributed by atoms with van der Waals surface area (Å²) < 4.78 is 1.90. The van der Waals surface area contributed by atoms with E-state index in [0.29, 0.717) is 0 Å². The Bertz CT molecular complexity index is 743. The van der Waals surface area contributed by atoms with Gasteiger partial charge in [-0.3, -0.25) is 4.68 Å². The first-order valence-electron chi connectivity index (χ1n) is 7.50. The van der Waals surface area contributed by atoms with E-state index in [1.54, 1.807) is 0 Å². The molecule has 1 aromatic heterocycles. The maximum Gasteiger partial charge on any atom is 0.0968 e. The van der Waals surface area contributed by atoms with Crippen molar-refractivity contribution >= 4 is 10.8 Å². The van der Waals surface area contributed by atoms with Gasteiger partial charge in [0, 0.05) is 30.9 Å². The quantitative estimate of drug-likeness (QED) is 0.721. The minimum atomic E-state index is 0.865. The van der Waals surface area contributed by atoms with E-state index in [4.69, 9.17) is 0 Å². The molecule has 0 bridgehead atoms. The fourth-order valence-corrected chi connectivity index (χ4v) is 2.65. The zero-order chi connectivity index (χ0) is 14.7. The average Bonchev–Trinajstić information content (AvgIpc) is 2.88. The van der Waals surface area contributed by atoms with Crippen molar-refractivity contribution in [3.8, 4) is 11.3 Å². The van der Waals surface area contributed by atoms with Gasteiger partial charge in [-0.1, -0.05) is 43.3 Å². The lowest BCUT2D eigenvalue weighted by Gasteiger charge is -2.05. The molecule has 0 radical (unpaired) electrons. The third-order valence-electron chi connectivity index (χ3n) is 3.67. The Morgan fingerprint density at radius 2 is 1.90 bits per heavy atom. The number of rotatable bonds is 5. The maximum absolute atomic E-state index is 4.64. The van der Waals surface area contributed by atoms with E-state index in [1.165, 1.54) is 21.9 Å². The van der Waals surface area contributed by atoms with Crippen LogP contribution in [0.2, 0.25) is 0 Å². The van der Waals surface area contributed by atoms with Crippen molar-refractivity contribution in [3.05, 3.63) is 54.2 Å². The van der Waals surface area contributed by atoms with E-state index in [0.717, 1.165) is 25.2 Å². The van der Waals surface area contributed by atoms with E-state index in [1.807, 2.05) is 11.7 Å². The summed E-state index contributed by atoms with van der Waals surface area (Å²) in [6, 6.07) is 15.0. The molecule has 1 heterocycles. The smallest absolute Gasteiger partial charge is 0.0968 e. The number of fused-ring (bicyclic) bond motifs is 1. The number of hydrogen-bond donors (Lipinski definition) is 1. The van der Waals surface area contributed by atoms with E-state index in [9.17, 15) is 0 Å². The van der Waals surface area contributed by atoms with Crippen LogP contribution in [-0.4, -0.2) is 16.3 Å². The number of aryl methyl sites for hydroxylation is 1. The molecule has 3 aromatic rings. The molecule has 0 unspecified atom stereocenters. The van der Waals surface area contributed by atoms with Gasteiger partial charge in [-0.05, 0) is 29.8 Å². The van der Waals surface area contributed by atoms with E-state index >= 15 is 0 Å². The zero-order valence-corrected chi connectivity index (χ0v) is 12.6. The van der Waals surface area contributed by atoms with Crippen LogP contribution in [-0.2, 0) is 13.6 Å². The summed E-state index contributed by atoms with van der Waals surface area (Å²) in [6.07, 6.45) is 3.25. The molecule has 0 amide bonds. The lowest BCUT2D eigenvalue weighted by atomic mass is 10.0. The summed E-state index contributed by atoms with van der Waals surface area (Å²) in [6.45, 7) is 4.08. The third-order valence-corrected chi connectivity index (χ3v) is 3.67. The first kappa shape index (κ1) is 13.8. The van der Waals surface area contributed by atoms with Crippen molar-refractivity contribution in [1.82, 2.24) is 15.1 Å². The van der Waals surface area contributed by atoms with Crippen molar-refractivity contribution < 1.29 is 0 Å². The highest BCUT2D eigenvalue weighted by molar-refractivity contribution is 5.87. The Labute approximate surface area is 125 Å². The van der Waals surface area contributed by atoms with Crippen LogP contribution in [0.25, 0.3) is 22.0 Å². The van der Waals surface area contributed by atoms with Gasteiger partial charge in [0.2, 0.25) is 0 Å². The van der Waals surface area contributed by atoms with Gasteiger partial charge in [0.15, 0.2) is 0 Å². The van der Waals surface area contributed by atoms with Gasteiger partial charge in [0.1, 0.15) is 0 Å². The maximum atomic E-state index is 4.64. The molecule has 0 aliphatic heterocycles. The predicted molar refractivity (Wildman–Crippen MR) is 88.1 cm³/mol. The summed E-state index contributed by atoms with van der Waals surface area (Å²) in [5.41, 5.74) is 3.51. The molecule has 1 N–H and O–H groups in total. The highest BCUT2D eigenvalue weighted by Crippen LogP contribution is 2.26. The number of benzene rings is 2. The SMILES string of the molecule is CCCNCc1cn(C)nc1-c1ccc2ccccc2c1. The molecule has 3 nitrogen and oxygen atoms in total. The average molecular weight is 279 g/mol. The van der Waals surface area contributed by atoms with Crippen LogP contribution in [0.1, 0.15) is 18.9 Å². The van der Waals surface area contributed by atoms with Crippen LogP contribution in [0.5, 0.6) is 0 Å². The number of nitrogens with zero attached hydrogens (tertiary/aromatic N) is 2. The number of nitrogens with one attached hydrogen (secondary N) is 1. The van der Waals surface area contributed by atoms with Crippen molar-refractivity contribution in [3.63, 3.8) is 0 Å². The fraction of sp³-hybridized carbons (Fsp3) is 0.278. The molecule has 0 spiro atoms. The molecule has 108 valence electrons. The first-order chi connectivity index (χ1) is 10.3. The summed E-state index contributed by atoms with van der Waals surface area (Å²) in [5.74, 6) is 0. The zero-order valence-electron chi connectivity index (χ0n) is 12.6. The minimum absolute atomic E-state index is 0.865. The summed E-state index contributed by atoms with van der Waals surface area (Å²) in [4.78, 5) is 0. The van der Waals surface area contributed by atoms with E-state index < -0.39 is 0 Å². The second-order valence-corrected chi connectivity index (χ2v) is 5.42.